The van der Waals surface area contributed by atoms with E-state index in [0.29, 0.717) is 24.3 Å². The van der Waals surface area contributed by atoms with Crippen LogP contribution < -0.4 is 0 Å². The highest BCUT2D eigenvalue weighted by molar-refractivity contribution is 6.17. The Balaban J connectivity index is 2.11. The topological polar surface area (TPSA) is 18.5 Å². The van der Waals surface area contributed by atoms with Crippen LogP contribution in [0.2, 0.25) is 0 Å². The fraction of sp³-hybridized carbons (Fsp3) is 1.00. The van der Waals surface area contributed by atoms with Crippen LogP contribution in [0.4, 0.5) is 0 Å². The quantitative estimate of drug-likeness (QED) is 0.668. The number of hydrogen-bond donors (Lipinski definition) is 0. The van der Waals surface area contributed by atoms with Gasteiger partial charge in [0, 0.05) is 0 Å². The van der Waals surface area contributed by atoms with Gasteiger partial charge in [-0.15, -0.1) is 0 Å². The van der Waals surface area contributed by atoms with Crippen molar-refractivity contribution in [1.29, 1.82) is 0 Å². The van der Waals surface area contributed by atoms with E-state index in [1.165, 1.54) is 0 Å². The summed E-state index contributed by atoms with van der Waals surface area (Å²) in [4.78, 5) is 0. The second kappa shape index (κ2) is 6.03. The number of alkyl halides is 2. The molecule has 0 N–H and O–H groups in total. The first-order chi connectivity index (χ1) is 5.86. The highest BCUT2D eigenvalue weighted by atomic mass is 35.5. The van der Waals surface area contributed by atoms with E-state index in [4.69, 9.17) is 32.7 Å². The van der Waals surface area contributed by atoms with E-state index >= 15 is 0 Å². The van der Waals surface area contributed by atoms with Gasteiger partial charge in [-0.3, -0.25) is 0 Å². The summed E-state index contributed by atoms with van der Waals surface area (Å²) in [7, 11) is 0. The Labute approximate surface area is 83.1 Å². The minimum Gasteiger partial charge on any atom is -0.363 e. The van der Waals surface area contributed by atoms with Gasteiger partial charge in [-0.25, -0.2) is 0 Å². The highest BCUT2D eigenvalue weighted by Gasteiger charge is 2.21. The molecule has 1 saturated carbocycles. The average molecular weight is 213 g/mol. The second-order valence-electron chi connectivity index (χ2n) is 2.95. The summed E-state index contributed by atoms with van der Waals surface area (Å²) < 4.78 is 10.6. The van der Waals surface area contributed by atoms with Crippen molar-refractivity contribution in [3.63, 3.8) is 0 Å². The van der Waals surface area contributed by atoms with Crippen molar-refractivity contribution >= 4 is 23.2 Å². The molecular formula is C8H14Cl2O2. The Morgan fingerprint density at radius 1 is 0.833 bits per heavy atom. The van der Waals surface area contributed by atoms with Crippen LogP contribution in [0.1, 0.15) is 25.7 Å². The predicted molar refractivity (Wildman–Crippen MR) is 49.7 cm³/mol. The van der Waals surface area contributed by atoms with Crippen LogP contribution in [0, 0.1) is 0 Å². The maximum absolute atomic E-state index is 5.46. The molecule has 0 amide bonds. The second-order valence-corrected chi connectivity index (χ2v) is 3.39. The third-order valence-electron chi connectivity index (χ3n) is 2.22. The van der Waals surface area contributed by atoms with Crippen LogP contribution in [0.25, 0.3) is 0 Å². The number of rotatable bonds is 4. The Bertz CT molecular complexity index is 99.6. The maximum Gasteiger partial charge on any atom is 0.121 e. The van der Waals surface area contributed by atoms with E-state index in [1.54, 1.807) is 0 Å². The lowest BCUT2D eigenvalue weighted by molar-refractivity contribution is -0.00688. The first-order valence-corrected chi connectivity index (χ1v) is 5.29. The Kier molecular flexibility index (Phi) is 5.32. The number of halogens is 2. The summed E-state index contributed by atoms with van der Waals surface area (Å²) >= 11 is 10.9. The first kappa shape index (κ1) is 10.6. The summed E-state index contributed by atoms with van der Waals surface area (Å²) in [6.07, 6.45) is 4.81. The molecule has 0 aromatic carbocycles. The van der Waals surface area contributed by atoms with Crippen LogP contribution >= 0.6 is 23.2 Å². The lowest BCUT2D eigenvalue weighted by atomic mass is 9.95. The van der Waals surface area contributed by atoms with Crippen molar-refractivity contribution in [2.75, 3.05) is 12.1 Å². The molecular weight excluding hydrogens is 199 g/mol. The van der Waals surface area contributed by atoms with Gasteiger partial charge in [0.05, 0.1) is 12.2 Å². The van der Waals surface area contributed by atoms with E-state index in [9.17, 15) is 0 Å². The zero-order valence-electron chi connectivity index (χ0n) is 6.97. The van der Waals surface area contributed by atoms with Crippen LogP contribution in [0.3, 0.4) is 0 Å². The van der Waals surface area contributed by atoms with Crippen molar-refractivity contribution in [2.45, 2.75) is 37.9 Å². The molecule has 0 unspecified atom stereocenters. The first-order valence-electron chi connectivity index (χ1n) is 4.22. The molecule has 1 aliphatic rings. The predicted octanol–water partition coefficient (Wildman–Crippen LogP) is 2.72. The monoisotopic (exact) mass is 212 g/mol. The SMILES string of the molecule is ClCOC1CCC(OCCl)CC1. The van der Waals surface area contributed by atoms with Gasteiger partial charge in [0.25, 0.3) is 0 Å². The molecule has 1 rings (SSSR count). The molecule has 1 fully saturated rings. The molecule has 0 saturated heterocycles. The molecule has 0 spiro atoms. The molecule has 0 aliphatic heterocycles. The fourth-order valence-electron chi connectivity index (χ4n) is 1.54. The third kappa shape index (κ3) is 3.48. The van der Waals surface area contributed by atoms with Gasteiger partial charge in [-0.1, -0.05) is 23.2 Å². The molecule has 12 heavy (non-hydrogen) atoms. The highest BCUT2D eigenvalue weighted by Crippen LogP contribution is 2.23. The van der Waals surface area contributed by atoms with Crippen molar-refractivity contribution in [3.8, 4) is 0 Å². The summed E-state index contributed by atoms with van der Waals surface area (Å²) in [5.74, 6) is 0. The Morgan fingerprint density at radius 2 is 1.17 bits per heavy atom. The van der Waals surface area contributed by atoms with E-state index < -0.39 is 0 Å². The van der Waals surface area contributed by atoms with E-state index in [-0.39, 0.29) is 0 Å². The normalized spacial score (nSPS) is 30.5. The molecule has 4 heteroatoms. The van der Waals surface area contributed by atoms with Gasteiger partial charge < -0.3 is 9.47 Å². The molecule has 0 bridgehead atoms. The minimum absolute atomic E-state index is 0.297. The Morgan fingerprint density at radius 3 is 1.42 bits per heavy atom. The van der Waals surface area contributed by atoms with Gasteiger partial charge in [0.2, 0.25) is 0 Å². The molecule has 0 heterocycles. The summed E-state index contributed by atoms with van der Waals surface area (Å²) in [6, 6.07) is 0.595. The van der Waals surface area contributed by atoms with E-state index in [0.717, 1.165) is 25.7 Å². The van der Waals surface area contributed by atoms with Gasteiger partial charge in [-0.2, -0.15) is 0 Å². The van der Waals surface area contributed by atoms with Crippen LogP contribution in [-0.2, 0) is 9.47 Å². The molecule has 2 nitrogen and oxygen atoms in total. The van der Waals surface area contributed by atoms with Gasteiger partial charge in [0.15, 0.2) is 0 Å². The van der Waals surface area contributed by atoms with Crippen LogP contribution in [0.5, 0.6) is 0 Å². The summed E-state index contributed by atoms with van der Waals surface area (Å²) in [5.41, 5.74) is 0. The molecule has 72 valence electrons. The van der Waals surface area contributed by atoms with E-state index in [1.807, 2.05) is 0 Å². The van der Waals surface area contributed by atoms with Crippen LogP contribution in [-0.4, -0.2) is 24.3 Å². The lowest BCUT2D eigenvalue weighted by Gasteiger charge is -2.27. The summed E-state index contributed by atoms with van der Waals surface area (Å²) in [6.45, 7) is 0. The van der Waals surface area contributed by atoms with Gasteiger partial charge >= 0.3 is 0 Å². The number of ether oxygens (including phenoxy) is 2. The molecule has 0 radical (unpaired) electrons. The van der Waals surface area contributed by atoms with Crippen molar-refractivity contribution < 1.29 is 9.47 Å². The maximum atomic E-state index is 5.46. The Hall–Kier alpha value is 0.500. The van der Waals surface area contributed by atoms with Crippen molar-refractivity contribution in [2.24, 2.45) is 0 Å². The zero-order valence-corrected chi connectivity index (χ0v) is 8.48. The largest absolute Gasteiger partial charge is 0.363 e. The summed E-state index contributed by atoms with van der Waals surface area (Å²) in [5, 5.41) is 0. The number of hydrogen-bond acceptors (Lipinski definition) is 2. The standard InChI is InChI=1S/C8H14Cl2O2/c9-5-11-7-1-2-8(4-3-7)12-6-10/h7-8H,1-6H2. The van der Waals surface area contributed by atoms with Gasteiger partial charge in [-0.05, 0) is 25.7 Å². The average Bonchev–Trinajstić information content (AvgIpc) is 2.09. The fourth-order valence-corrected chi connectivity index (χ4v) is 1.90. The molecule has 0 aromatic rings. The van der Waals surface area contributed by atoms with E-state index in [2.05, 4.69) is 0 Å². The molecule has 0 aromatic heterocycles. The third-order valence-corrected chi connectivity index (χ3v) is 2.47. The minimum atomic E-state index is 0.297. The molecule has 1 aliphatic carbocycles. The molecule has 0 atom stereocenters. The zero-order chi connectivity index (χ0) is 8.81. The van der Waals surface area contributed by atoms with Crippen LogP contribution in [0.15, 0.2) is 0 Å². The van der Waals surface area contributed by atoms with Crippen molar-refractivity contribution in [1.82, 2.24) is 0 Å². The smallest absolute Gasteiger partial charge is 0.121 e. The lowest BCUT2D eigenvalue weighted by Crippen LogP contribution is -2.26. The van der Waals surface area contributed by atoms with Crippen molar-refractivity contribution in [3.05, 3.63) is 0 Å². The van der Waals surface area contributed by atoms with Gasteiger partial charge in [0.1, 0.15) is 12.1 Å².